The van der Waals surface area contributed by atoms with Crippen molar-refractivity contribution in [2.75, 3.05) is 18.5 Å². The maximum absolute atomic E-state index is 12.7. The van der Waals surface area contributed by atoms with Crippen LogP contribution in [0.15, 0.2) is 36.7 Å². The summed E-state index contributed by atoms with van der Waals surface area (Å²) in [7, 11) is 0. The number of carboxylic acids is 1. The monoisotopic (exact) mass is 305 g/mol. The summed E-state index contributed by atoms with van der Waals surface area (Å²) in [6, 6.07) is 5.90. The first-order valence-electron chi connectivity index (χ1n) is 6.83. The number of hydrogen-bond donors (Lipinski definition) is 2. The third-order valence-electron chi connectivity index (χ3n) is 2.83. The molecule has 0 saturated carbocycles. The van der Waals surface area contributed by atoms with Gasteiger partial charge in [-0.25, -0.2) is 19.2 Å². The molecule has 0 spiro atoms. The lowest BCUT2D eigenvalue weighted by Crippen LogP contribution is -2.08. The standard InChI is InChI=1S/C15H16FN3O3/c16-11-3-5-12(6-4-11)22-8-2-1-7-17-14-10-18-13(9-19-14)15(20)21/h3-6,9-10H,1-2,7-8H2,(H,17,19)(H,20,21). The zero-order valence-corrected chi connectivity index (χ0v) is 11.8. The van der Waals surface area contributed by atoms with Gasteiger partial charge in [0.15, 0.2) is 5.69 Å². The first-order chi connectivity index (χ1) is 10.6. The lowest BCUT2D eigenvalue weighted by Gasteiger charge is -2.07. The van der Waals surface area contributed by atoms with E-state index in [1.165, 1.54) is 24.5 Å². The SMILES string of the molecule is O=C(O)c1cnc(NCCCCOc2ccc(F)cc2)cn1. The fourth-order valence-electron chi connectivity index (χ4n) is 1.69. The van der Waals surface area contributed by atoms with Gasteiger partial charge in [0.2, 0.25) is 0 Å². The highest BCUT2D eigenvalue weighted by Crippen LogP contribution is 2.11. The number of carbonyl (C=O) groups is 1. The molecule has 1 aromatic carbocycles. The molecule has 2 rings (SSSR count). The highest BCUT2D eigenvalue weighted by atomic mass is 19.1. The summed E-state index contributed by atoms with van der Waals surface area (Å²) >= 11 is 0. The molecule has 6 nitrogen and oxygen atoms in total. The van der Waals surface area contributed by atoms with Gasteiger partial charge in [-0.05, 0) is 37.1 Å². The van der Waals surface area contributed by atoms with Crippen molar-refractivity contribution in [3.63, 3.8) is 0 Å². The molecule has 1 heterocycles. The number of nitrogens with one attached hydrogen (secondary N) is 1. The van der Waals surface area contributed by atoms with Gasteiger partial charge in [0.05, 0.1) is 19.0 Å². The van der Waals surface area contributed by atoms with Gasteiger partial charge in [0.25, 0.3) is 0 Å². The predicted octanol–water partition coefficient (Wildman–Crippen LogP) is 2.59. The van der Waals surface area contributed by atoms with Crippen LogP contribution in [0.2, 0.25) is 0 Å². The Bertz CT molecular complexity index is 602. The van der Waals surface area contributed by atoms with E-state index in [1.807, 2.05) is 0 Å². The van der Waals surface area contributed by atoms with Gasteiger partial charge in [-0.1, -0.05) is 0 Å². The fourth-order valence-corrected chi connectivity index (χ4v) is 1.69. The maximum atomic E-state index is 12.7. The fraction of sp³-hybridized carbons (Fsp3) is 0.267. The Morgan fingerprint density at radius 1 is 1.18 bits per heavy atom. The summed E-state index contributed by atoms with van der Waals surface area (Å²) in [6.07, 6.45) is 4.27. The van der Waals surface area contributed by atoms with E-state index in [2.05, 4.69) is 15.3 Å². The Balaban J connectivity index is 1.61. The number of unbranched alkanes of at least 4 members (excludes halogenated alkanes) is 1. The van der Waals surface area contributed by atoms with Crippen LogP contribution in [-0.2, 0) is 0 Å². The molecule has 2 aromatic rings. The molecule has 0 aliphatic rings. The predicted molar refractivity (Wildman–Crippen MR) is 78.6 cm³/mol. The van der Waals surface area contributed by atoms with Crippen molar-refractivity contribution in [1.82, 2.24) is 9.97 Å². The highest BCUT2D eigenvalue weighted by Gasteiger charge is 2.04. The summed E-state index contributed by atoms with van der Waals surface area (Å²) < 4.78 is 18.2. The quantitative estimate of drug-likeness (QED) is 0.729. The summed E-state index contributed by atoms with van der Waals surface area (Å²) in [5.74, 6) is -0.211. The molecule has 0 aliphatic heterocycles. The second kappa shape index (κ2) is 7.92. The van der Waals surface area contributed by atoms with E-state index in [9.17, 15) is 9.18 Å². The lowest BCUT2D eigenvalue weighted by atomic mass is 10.3. The van der Waals surface area contributed by atoms with Crippen LogP contribution in [0.1, 0.15) is 23.3 Å². The van der Waals surface area contributed by atoms with Gasteiger partial charge in [-0.15, -0.1) is 0 Å². The Kier molecular flexibility index (Phi) is 5.65. The summed E-state index contributed by atoms with van der Waals surface area (Å²) in [5, 5.41) is 11.7. The minimum atomic E-state index is -1.10. The van der Waals surface area contributed by atoms with Crippen molar-refractivity contribution in [2.45, 2.75) is 12.8 Å². The second-order valence-corrected chi connectivity index (χ2v) is 4.53. The number of aromatic carboxylic acids is 1. The van der Waals surface area contributed by atoms with Gasteiger partial charge in [-0.3, -0.25) is 0 Å². The van der Waals surface area contributed by atoms with Crippen LogP contribution in [0.5, 0.6) is 5.75 Å². The average molecular weight is 305 g/mol. The molecule has 0 amide bonds. The average Bonchev–Trinajstić information content (AvgIpc) is 2.53. The normalized spacial score (nSPS) is 10.2. The van der Waals surface area contributed by atoms with E-state index in [0.717, 1.165) is 12.8 Å². The number of benzene rings is 1. The van der Waals surface area contributed by atoms with Crippen molar-refractivity contribution in [1.29, 1.82) is 0 Å². The third-order valence-corrected chi connectivity index (χ3v) is 2.83. The van der Waals surface area contributed by atoms with E-state index < -0.39 is 5.97 Å². The van der Waals surface area contributed by atoms with E-state index in [-0.39, 0.29) is 11.5 Å². The van der Waals surface area contributed by atoms with Crippen LogP contribution in [0, 0.1) is 5.82 Å². The number of anilines is 1. The van der Waals surface area contributed by atoms with Gasteiger partial charge >= 0.3 is 5.97 Å². The van der Waals surface area contributed by atoms with Crippen molar-refractivity contribution in [3.05, 3.63) is 48.2 Å². The first-order valence-corrected chi connectivity index (χ1v) is 6.83. The van der Waals surface area contributed by atoms with Crippen molar-refractivity contribution in [3.8, 4) is 5.75 Å². The van der Waals surface area contributed by atoms with Crippen molar-refractivity contribution in [2.24, 2.45) is 0 Å². The number of halogens is 1. The van der Waals surface area contributed by atoms with Crippen LogP contribution in [-0.4, -0.2) is 34.2 Å². The van der Waals surface area contributed by atoms with Gasteiger partial charge < -0.3 is 15.2 Å². The third kappa shape index (κ3) is 5.01. The second-order valence-electron chi connectivity index (χ2n) is 4.53. The first kappa shape index (κ1) is 15.7. The summed E-state index contributed by atoms with van der Waals surface area (Å²) in [4.78, 5) is 18.3. The molecule has 1 aromatic heterocycles. The molecule has 0 radical (unpaired) electrons. The van der Waals surface area contributed by atoms with Crippen LogP contribution >= 0.6 is 0 Å². The van der Waals surface area contributed by atoms with E-state index >= 15 is 0 Å². The minimum absolute atomic E-state index is 0.0850. The smallest absolute Gasteiger partial charge is 0.356 e. The van der Waals surface area contributed by atoms with E-state index in [4.69, 9.17) is 9.84 Å². The number of ether oxygens (including phenoxy) is 1. The Hall–Kier alpha value is -2.70. The van der Waals surface area contributed by atoms with Gasteiger partial charge in [-0.2, -0.15) is 0 Å². The van der Waals surface area contributed by atoms with Crippen LogP contribution < -0.4 is 10.1 Å². The zero-order valence-electron chi connectivity index (χ0n) is 11.8. The van der Waals surface area contributed by atoms with Gasteiger partial charge in [0.1, 0.15) is 17.4 Å². The largest absolute Gasteiger partial charge is 0.494 e. The summed E-state index contributed by atoms with van der Waals surface area (Å²) in [6.45, 7) is 1.21. The number of aromatic nitrogens is 2. The van der Waals surface area contributed by atoms with E-state index in [0.29, 0.717) is 24.7 Å². The highest BCUT2D eigenvalue weighted by molar-refractivity contribution is 5.84. The molecular formula is C15H16FN3O3. The Morgan fingerprint density at radius 3 is 2.59 bits per heavy atom. The Morgan fingerprint density at radius 2 is 1.95 bits per heavy atom. The van der Waals surface area contributed by atoms with Gasteiger partial charge in [0, 0.05) is 6.54 Å². The maximum Gasteiger partial charge on any atom is 0.356 e. The van der Waals surface area contributed by atoms with Crippen LogP contribution in [0.3, 0.4) is 0 Å². The number of rotatable bonds is 8. The molecular weight excluding hydrogens is 289 g/mol. The molecule has 0 bridgehead atoms. The number of nitrogens with zero attached hydrogens (tertiary/aromatic N) is 2. The van der Waals surface area contributed by atoms with Crippen LogP contribution in [0.25, 0.3) is 0 Å². The number of carboxylic acid groups (broad SMARTS) is 1. The zero-order chi connectivity index (χ0) is 15.8. The molecule has 2 N–H and O–H groups in total. The Labute approximate surface area is 127 Å². The molecule has 0 aliphatic carbocycles. The molecule has 0 saturated heterocycles. The topological polar surface area (TPSA) is 84.3 Å². The van der Waals surface area contributed by atoms with Crippen molar-refractivity contribution < 1.29 is 19.0 Å². The van der Waals surface area contributed by atoms with Crippen LogP contribution in [0.4, 0.5) is 10.2 Å². The molecule has 7 heteroatoms. The van der Waals surface area contributed by atoms with E-state index in [1.54, 1.807) is 12.1 Å². The summed E-state index contributed by atoms with van der Waals surface area (Å²) in [5.41, 5.74) is -0.0850. The number of hydrogen-bond acceptors (Lipinski definition) is 5. The molecule has 116 valence electrons. The molecule has 0 fully saturated rings. The molecule has 0 unspecified atom stereocenters. The minimum Gasteiger partial charge on any atom is -0.494 e. The van der Waals surface area contributed by atoms with Crippen molar-refractivity contribution >= 4 is 11.8 Å². The molecule has 0 atom stereocenters. The lowest BCUT2D eigenvalue weighted by molar-refractivity contribution is 0.0690. The molecule has 22 heavy (non-hydrogen) atoms.